The molecule has 1 rings (SSSR count). The maximum Gasteiger partial charge on any atom is 0.330 e. The van der Waals surface area contributed by atoms with E-state index in [-0.39, 0.29) is 39.6 Å². The first-order chi connectivity index (χ1) is 32.5. The SMILES string of the molecule is C=CC(=O)OC(C)COCN1C(N)(COCC(C)OC(=O)C=C)N(COCC(C)OC(=O)C=C)C(N)(COCC(C)OC(=O)C=C)N(COCC(C)OC(=O)C=C)C1(N)COCC(C)OC(=O)C=C. The highest BCUT2D eigenvalue weighted by Gasteiger charge is 2.66. The highest BCUT2D eigenvalue weighted by atomic mass is 16.6. The Morgan fingerprint density at radius 2 is 0.522 bits per heavy atom. The van der Waals surface area contributed by atoms with Gasteiger partial charge in [0.1, 0.15) is 56.8 Å². The second-order valence-corrected chi connectivity index (χ2v) is 15.7. The molecule has 6 unspecified atom stereocenters. The Kier molecular flexibility index (Phi) is 27.9. The van der Waals surface area contributed by atoms with E-state index >= 15 is 0 Å². The number of hydrogen-bond acceptors (Lipinski definition) is 24. The van der Waals surface area contributed by atoms with Crippen LogP contribution in [0, 0.1) is 0 Å². The van der Waals surface area contributed by atoms with Crippen molar-refractivity contribution in [3.8, 4) is 0 Å². The average Bonchev–Trinajstić information content (AvgIpc) is 3.29. The molecule has 0 aromatic carbocycles. The van der Waals surface area contributed by atoms with Crippen LogP contribution in [-0.2, 0) is 85.6 Å². The molecule has 6 N–H and O–H groups in total. The van der Waals surface area contributed by atoms with E-state index in [1.165, 1.54) is 14.7 Å². The van der Waals surface area contributed by atoms with Gasteiger partial charge in [-0.25, -0.2) is 43.5 Å². The number of rotatable bonds is 36. The summed E-state index contributed by atoms with van der Waals surface area (Å²) in [5.74, 6) is -10.7. The molecule has 6 atom stereocenters. The number of ether oxygens (including phenoxy) is 12. The fraction of sp³-hybridized carbons (Fsp3) is 0.600. The quantitative estimate of drug-likeness (QED) is 0.0435. The van der Waals surface area contributed by atoms with Gasteiger partial charge in [-0.05, 0) is 41.5 Å². The van der Waals surface area contributed by atoms with Crippen LogP contribution in [0.2, 0.25) is 0 Å². The van der Waals surface area contributed by atoms with E-state index in [2.05, 4.69) is 39.5 Å². The standard InChI is InChI=1S/C45H72N6O18/c1-13-37(52)64-31(7)19-58-25-43(46)49(28-61-22-34(10)67-40(55)16-4)44(47,26-59-20-32(8)65-38(53)14-2)51(30-63-24-36(12)69-42(57)18-6)45(48,27-60-21-33(9)66-39(54)15-3)50(43)29-62-23-35(11)68-41(56)17-5/h13-18,31-36H,1-6,19-30,46-48H2,7-12H3. The lowest BCUT2D eigenvalue weighted by atomic mass is 10.0. The summed E-state index contributed by atoms with van der Waals surface area (Å²) in [6.45, 7) is 25.2. The first kappa shape index (κ1) is 61.8. The molecule has 0 saturated carbocycles. The maximum atomic E-state index is 12.1. The molecule has 390 valence electrons. The van der Waals surface area contributed by atoms with Gasteiger partial charge in [0.15, 0.2) is 17.4 Å². The predicted octanol–water partition coefficient (Wildman–Crippen LogP) is 0.422. The highest BCUT2D eigenvalue weighted by Crippen LogP contribution is 2.40. The van der Waals surface area contributed by atoms with Crippen LogP contribution in [0.4, 0.5) is 0 Å². The van der Waals surface area contributed by atoms with E-state index in [9.17, 15) is 28.8 Å². The first-order valence-electron chi connectivity index (χ1n) is 21.6. The van der Waals surface area contributed by atoms with Crippen molar-refractivity contribution < 1.29 is 85.6 Å². The zero-order valence-corrected chi connectivity index (χ0v) is 40.6. The van der Waals surface area contributed by atoms with Gasteiger partial charge in [-0.3, -0.25) is 17.2 Å². The normalized spacial score (nSPS) is 22.2. The van der Waals surface area contributed by atoms with Gasteiger partial charge in [-0.15, -0.1) is 0 Å². The van der Waals surface area contributed by atoms with Crippen molar-refractivity contribution >= 4 is 35.8 Å². The molecule has 0 bridgehead atoms. The summed E-state index contributed by atoms with van der Waals surface area (Å²) in [5, 5.41) is 0. The number of nitrogens with zero attached hydrogens (tertiary/aromatic N) is 3. The van der Waals surface area contributed by atoms with Gasteiger partial charge in [-0.1, -0.05) is 39.5 Å². The summed E-state index contributed by atoms with van der Waals surface area (Å²) in [7, 11) is 0. The highest BCUT2D eigenvalue weighted by molar-refractivity contribution is 5.83. The number of hydrogen-bond donors (Lipinski definition) is 3. The number of esters is 6. The molecule has 0 spiro atoms. The van der Waals surface area contributed by atoms with Crippen molar-refractivity contribution in [2.45, 2.75) is 95.5 Å². The second-order valence-electron chi connectivity index (χ2n) is 15.7. The monoisotopic (exact) mass is 984 g/mol. The molecule has 0 aliphatic carbocycles. The van der Waals surface area contributed by atoms with Gasteiger partial charge < -0.3 is 56.8 Å². The fourth-order valence-corrected chi connectivity index (χ4v) is 6.32. The lowest BCUT2D eigenvalue weighted by molar-refractivity contribution is -0.374. The molecule has 0 aromatic heterocycles. The van der Waals surface area contributed by atoms with Crippen LogP contribution in [0.1, 0.15) is 41.5 Å². The zero-order chi connectivity index (χ0) is 52.4. The molecule has 24 nitrogen and oxygen atoms in total. The van der Waals surface area contributed by atoms with Crippen LogP contribution in [0.25, 0.3) is 0 Å². The molecule has 24 heteroatoms. The van der Waals surface area contributed by atoms with Crippen LogP contribution in [-0.4, -0.2) is 184 Å². The van der Waals surface area contributed by atoms with Crippen LogP contribution >= 0.6 is 0 Å². The molecule has 1 aliphatic heterocycles. The van der Waals surface area contributed by atoms with Crippen LogP contribution in [0.15, 0.2) is 75.9 Å². The summed E-state index contributed by atoms with van der Waals surface area (Å²) in [5.41, 5.74) is 22.7. The van der Waals surface area contributed by atoms with Crippen molar-refractivity contribution in [3.05, 3.63) is 75.9 Å². The third kappa shape index (κ3) is 20.7. The molecule has 1 aliphatic rings. The first-order valence-corrected chi connectivity index (χ1v) is 21.6. The summed E-state index contributed by atoms with van der Waals surface area (Å²) in [6.07, 6.45) is 0.795. The summed E-state index contributed by atoms with van der Waals surface area (Å²) >= 11 is 0. The van der Waals surface area contributed by atoms with Crippen molar-refractivity contribution in [1.29, 1.82) is 0 Å². The van der Waals surface area contributed by atoms with E-state index in [0.717, 1.165) is 36.5 Å². The van der Waals surface area contributed by atoms with Gasteiger partial charge in [0, 0.05) is 36.5 Å². The Balaban J connectivity index is 4.28. The van der Waals surface area contributed by atoms with E-state index in [1.807, 2.05) is 0 Å². The van der Waals surface area contributed by atoms with Gasteiger partial charge in [-0.2, -0.15) is 0 Å². The number of nitrogens with two attached hydrogens (primary N) is 3. The van der Waals surface area contributed by atoms with E-state index in [0.29, 0.717) is 0 Å². The van der Waals surface area contributed by atoms with Crippen LogP contribution in [0.3, 0.4) is 0 Å². The largest absolute Gasteiger partial charge is 0.457 e. The minimum absolute atomic E-state index is 0.239. The van der Waals surface area contributed by atoms with Crippen molar-refractivity contribution in [2.75, 3.05) is 79.7 Å². The minimum atomic E-state index is -2.12. The van der Waals surface area contributed by atoms with Gasteiger partial charge in [0.25, 0.3) is 0 Å². The molecule has 0 aromatic rings. The molecule has 0 radical (unpaired) electrons. The van der Waals surface area contributed by atoms with Gasteiger partial charge >= 0.3 is 35.8 Å². The molecule has 0 amide bonds. The number of carbonyl (C=O) groups is 6. The lowest BCUT2D eigenvalue weighted by Gasteiger charge is -2.68. The Morgan fingerprint density at radius 3 is 0.681 bits per heavy atom. The van der Waals surface area contributed by atoms with Gasteiger partial charge in [0.2, 0.25) is 0 Å². The Morgan fingerprint density at radius 1 is 0.362 bits per heavy atom. The Labute approximate surface area is 403 Å². The van der Waals surface area contributed by atoms with E-state index in [1.54, 1.807) is 41.5 Å². The number of carbonyl (C=O) groups excluding carboxylic acids is 6. The molecular weight excluding hydrogens is 913 g/mol. The maximum absolute atomic E-state index is 12.1. The van der Waals surface area contributed by atoms with Crippen molar-refractivity contribution in [2.24, 2.45) is 17.2 Å². The zero-order valence-electron chi connectivity index (χ0n) is 40.6. The van der Waals surface area contributed by atoms with Crippen molar-refractivity contribution in [1.82, 2.24) is 14.7 Å². The molecular formula is C45H72N6O18. The lowest BCUT2D eigenvalue weighted by Crippen LogP contribution is -2.95. The third-order valence-electron chi connectivity index (χ3n) is 9.43. The van der Waals surface area contributed by atoms with E-state index < -0.39 is 130 Å². The summed E-state index contributed by atoms with van der Waals surface area (Å²) in [6, 6.07) is 0. The molecule has 69 heavy (non-hydrogen) atoms. The third-order valence-corrected chi connectivity index (χ3v) is 9.43. The van der Waals surface area contributed by atoms with Crippen molar-refractivity contribution in [3.63, 3.8) is 0 Å². The molecule has 1 heterocycles. The van der Waals surface area contributed by atoms with E-state index in [4.69, 9.17) is 74.0 Å². The molecule has 1 fully saturated rings. The van der Waals surface area contributed by atoms with Gasteiger partial charge in [0.05, 0.1) is 59.5 Å². The topological polar surface area (TPSA) is 301 Å². The smallest absolute Gasteiger partial charge is 0.330 e. The molecule has 1 saturated heterocycles. The Hall–Kier alpha value is -5.22. The second kappa shape index (κ2) is 31.1. The summed E-state index contributed by atoms with van der Waals surface area (Å²) in [4.78, 5) is 76.7. The average molecular weight is 985 g/mol. The minimum Gasteiger partial charge on any atom is -0.457 e. The predicted molar refractivity (Wildman–Crippen MR) is 246 cm³/mol. The van der Waals surface area contributed by atoms with Crippen LogP contribution < -0.4 is 17.2 Å². The Bertz CT molecular complexity index is 1540. The fourth-order valence-electron chi connectivity index (χ4n) is 6.32. The van der Waals surface area contributed by atoms with Crippen LogP contribution in [0.5, 0.6) is 0 Å². The summed E-state index contributed by atoms with van der Waals surface area (Å²) < 4.78 is 69.0.